The third kappa shape index (κ3) is 6.81. The average Bonchev–Trinajstić information content (AvgIpc) is 2.51. The topological polar surface area (TPSA) is 91.2 Å². The molecule has 1 amide bonds. The van der Waals surface area contributed by atoms with E-state index in [1.54, 1.807) is 24.4 Å². The molecule has 0 aliphatic carbocycles. The molecule has 1 aliphatic rings. The van der Waals surface area contributed by atoms with Crippen LogP contribution in [0.1, 0.15) is 6.42 Å². The summed E-state index contributed by atoms with van der Waals surface area (Å²) in [5, 5.41) is 10.1. The van der Waals surface area contributed by atoms with Crippen LogP contribution in [0.3, 0.4) is 0 Å². The van der Waals surface area contributed by atoms with E-state index in [4.69, 9.17) is 16.7 Å². The van der Waals surface area contributed by atoms with Gasteiger partial charge in [0.05, 0.1) is 23.0 Å². The van der Waals surface area contributed by atoms with Crippen LogP contribution in [0.5, 0.6) is 0 Å². The normalized spacial score (nSPS) is 13.3. The van der Waals surface area contributed by atoms with Crippen molar-refractivity contribution in [3.63, 3.8) is 0 Å². The van der Waals surface area contributed by atoms with Gasteiger partial charge in [-0.25, -0.2) is 9.97 Å². The number of pyridine rings is 1. The van der Waals surface area contributed by atoms with Gasteiger partial charge in [0.2, 0.25) is 5.91 Å². The van der Waals surface area contributed by atoms with Gasteiger partial charge in [-0.2, -0.15) is 0 Å². The molecule has 1 fully saturated rings. The fraction of sp³-hybridized carbons (Fsp3) is 0.333. The number of alkyl halides is 3. The molecule has 0 saturated carbocycles. The maximum Gasteiger partial charge on any atom is 0.519 e. The standard InChI is InChI=1S/C14H14ClN5O.CHF3O/c15-10-2-3-11(16-7-10)12-6-13(19-9-18-12)17-8-14(21)20-4-1-5-20;2-1(3,4)5/h2-3,6-7,9H,1,4-5,8H2,(H,17,18,19);5H. The summed E-state index contributed by atoms with van der Waals surface area (Å²) < 4.78 is 29.7. The highest BCUT2D eigenvalue weighted by Crippen LogP contribution is 2.18. The molecule has 0 aromatic carbocycles. The maximum atomic E-state index is 11.8. The second kappa shape index (κ2) is 8.77. The first kappa shape index (κ1) is 19.9. The van der Waals surface area contributed by atoms with Gasteiger partial charge in [0.25, 0.3) is 0 Å². The van der Waals surface area contributed by atoms with E-state index in [0.29, 0.717) is 22.2 Å². The SMILES string of the molecule is O=C(CNc1cc(-c2ccc(Cl)cn2)ncn1)N1CCC1.OC(F)(F)F. The van der Waals surface area contributed by atoms with Crippen molar-refractivity contribution >= 4 is 23.3 Å². The van der Waals surface area contributed by atoms with Gasteiger partial charge in [-0.05, 0) is 18.6 Å². The lowest BCUT2D eigenvalue weighted by Gasteiger charge is -2.30. The Morgan fingerprint density at radius 1 is 1.23 bits per heavy atom. The van der Waals surface area contributed by atoms with Crippen LogP contribution < -0.4 is 5.32 Å². The van der Waals surface area contributed by atoms with E-state index in [2.05, 4.69) is 20.3 Å². The fourth-order valence-corrected chi connectivity index (χ4v) is 2.08. The van der Waals surface area contributed by atoms with E-state index in [1.807, 2.05) is 4.90 Å². The van der Waals surface area contributed by atoms with Crippen LogP contribution in [-0.2, 0) is 4.79 Å². The van der Waals surface area contributed by atoms with Gasteiger partial charge in [-0.1, -0.05) is 11.6 Å². The molecule has 2 aromatic heterocycles. The number of amides is 1. The van der Waals surface area contributed by atoms with Crippen LogP contribution in [0.4, 0.5) is 19.0 Å². The zero-order valence-electron chi connectivity index (χ0n) is 13.4. The minimum absolute atomic E-state index is 0.0889. The molecule has 3 rings (SSSR count). The summed E-state index contributed by atoms with van der Waals surface area (Å²) in [6.45, 7) is 1.94. The first-order valence-corrected chi connectivity index (χ1v) is 7.85. The lowest BCUT2D eigenvalue weighted by molar-refractivity contribution is -0.295. The van der Waals surface area contributed by atoms with Crippen molar-refractivity contribution < 1.29 is 23.1 Å². The summed E-state index contributed by atoms with van der Waals surface area (Å²) in [5.41, 5.74) is 1.39. The number of anilines is 1. The first-order valence-electron chi connectivity index (χ1n) is 7.47. The molecule has 0 spiro atoms. The van der Waals surface area contributed by atoms with E-state index in [0.717, 1.165) is 19.5 Å². The smallest absolute Gasteiger partial charge is 0.361 e. The number of halogens is 4. The maximum absolute atomic E-state index is 11.8. The Balaban J connectivity index is 0.000000431. The van der Waals surface area contributed by atoms with Gasteiger partial charge in [0.1, 0.15) is 12.1 Å². The Bertz CT molecular complexity index is 733. The lowest BCUT2D eigenvalue weighted by atomic mass is 10.2. The van der Waals surface area contributed by atoms with Crippen LogP contribution in [0.2, 0.25) is 5.02 Å². The number of likely N-dealkylation sites (tertiary alicyclic amines) is 1. The second-order valence-corrected chi connectivity index (χ2v) is 5.64. The summed E-state index contributed by atoms with van der Waals surface area (Å²) in [6.07, 6.45) is -0.896. The zero-order valence-corrected chi connectivity index (χ0v) is 14.1. The van der Waals surface area contributed by atoms with Gasteiger partial charge in [0.15, 0.2) is 0 Å². The molecule has 7 nitrogen and oxygen atoms in total. The molecular weight excluding hydrogens is 375 g/mol. The van der Waals surface area contributed by atoms with Crippen LogP contribution in [-0.4, -0.2) is 56.9 Å². The van der Waals surface area contributed by atoms with Crippen molar-refractivity contribution in [1.82, 2.24) is 19.9 Å². The number of rotatable bonds is 4. The Kier molecular flexibility index (Phi) is 6.70. The number of aliphatic hydroxyl groups is 1. The lowest BCUT2D eigenvalue weighted by Crippen LogP contribution is -2.44. The first-order chi connectivity index (χ1) is 12.2. The van der Waals surface area contributed by atoms with Gasteiger partial charge >= 0.3 is 6.36 Å². The molecule has 0 unspecified atom stereocenters. The Hall–Kier alpha value is -2.46. The summed E-state index contributed by atoms with van der Waals surface area (Å²) in [4.78, 5) is 26.1. The number of carbonyl (C=O) groups is 1. The van der Waals surface area contributed by atoms with Gasteiger partial charge in [-0.3, -0.25) is 9.78 Å². The van der Waals surface area contributed by atoms with Crippen LogP contribution >= 0.6 is 11.6 Å². The predicted octanol–water partition coefficient (Wildman–Crippen LogP) is 2.33. The Labute approximate surface area is 151 Å². The number of hydrogen-bond donors (Lipinski definition) is 2. The number of nitrogens with one attached hydrogen (secondary N) is 1. The highest BCUT2D eigenvalue weighted by Gasteiger charge is 2.20. The van der Waals surface area contributed by atoms with Crippen molar-refractivity contribution in [1.29, 1.82) is 0 Å². The van der Waals surface area contributed by atoms with E-state index < -0.39 is 6.36 Å². The van der Waals surface area contributed by atoms with E-state index >= 15 is 0 Å². The number of nitrogens with zero attached hydrogens (tertiary/aromatic N) is 4. The minimum Gasteiger partial charge on any atom is -0.361 e. The minimum atomic E-state index is -5.00. The largest absolute Gasteiger partial charge is 0.519 e. The molecule has 0 atom stereocenters. The van der Waals surface area contributed by atoms with Crippen LogP contribution in [0, 0.1) is 0 Å². The predicted molar refractivity (Wildman–Crippen MR) is 88.2 cm³/mol. The number of aromatic nitrogens is 3. The molecule has 140 valence electrons. The zero-order chi connectivity index (χ0) is 19.2. The van der Waals surface area contributed by atoms with Crippen molar-refractivity contribution in [3.05, 3.63) is 35.7 Å². The summed E-state index contributed by atoms with van der Waals surface area (Å²) in [7, 11) is 0. The molecule has 26 heavy (non-hydrogen) atoms. The van der Waals surface area contributed by atoms with Crippen molar-refractivity contribution in [2.24, 2.45) is 0 Å². The van der Waals surface area contributed by atoms with E-state index in [-0.39, 0.29) is 12.5 Å². The van der Waals surface area contributed by atoms with Crippen molar-refractivity contribution in [3.8, 4) is 11.4 Å². The van der Waals surface area contributed by atoms with Gasteiger partial charge in [-0.15, -0.1) is 13.2 Å². The second-order valence-electron chi connectivity index (χ2n) is 5.21. The molecule has 1 aliphatic heterocycles. The summed E-state index contributed by atoms with van der Waals surface area (Å²) in [6, 6.07) is 5.31. The fourth-order valence-electron chi connectivity index (χ4n) is 1.96. The molecule has 2 N–H and O–H groups in total. The number of hydrogen-bond acceptors (Lipinski definition) is 6. The average molecular weight is 390 g/mol. The molecule has 0 radical (unpaired) electrons. The molecule has 3 heterocycles. The summed E-state index contributed by atoms with van der Waals surface area (Å²) in [5.74, 6) is 0.691. The highest BCUT2D eigenvalue weighted by atomic mass is 35.5. The molecule has 2 aromatic rings. The molecule has 0 bridgehead atoms. The molecule has 1 saturated heterocycles. The van der Waals surface area contributed by atoms with E-state index in [1.165, 1.54) is 6.33 Å². The summed E-state index contributed by atoms with van der Waals surface area (Å²) >= 11 is 5.81. The van der Waals surface area contributed by atoms with Crippen LogP contribution in [0.25, 0.3) is 11.4 Å². The third-order valence-electron chi connectivity index (χ3n) is 3.29. The molecule has 11 heteroatoms. The monoisotopic (exact) mass is 389 g/mol. The van der Waals surface area contributed by atoms with Crippen molar-refractivity contribution in [2.75, 3.05) is 25.0 Å². The highest BCUT2D eigenvalue weighted by molar-refractivity contribution is 6.30. The molecular formula is C15H15ClF3N5O2. The number of carbonyl (C=O) groups excluding carboxylic acids is 1. The third-order valence-corrected chi connectivity index (χ3v) is 3.51. The van der Waals surface area contributed by atoms with Crippen molar-refractivity contribution in [2.45, 2.75) is 12.8 Å². The Morgan fingerprint density at radius 3 is 2.46 bits per heavy atom. The van der Waals surface area contributed by atoms with Gasteiger partial charge < -0.3 is 15.3 Å². The van der Waals surface area contributed by atoms with Gasteiger partial charge in [0, 0.05) is 25.4 Å². The Morgan fingerprint density at radius 2 is 1.92 bits per heavy atom. The van der Waals surface area contributed by atoms with E-state index in [9.17, 15) is 18.0 Å². The quantitative estimate of drug-likeness (QED) is 0.834. The van der Waals surface area contributed by atoms with Crippen LogP contribution in [0.15, 0.2) is 30.7 Å².